The Balaban J connectivity index is 1.88. The first-order valence-corrected chi connectivity index (χ1v) is 7.63. The Morgan fingerprint density at radius 1 is 1.33 bits per heavy atom. The van der Waals surface area contributed by atoms with Gasteiger partial charge < -0.3 is 14.8 Å². The Morgan fingerprint density at radius 3 is 2.76 bits per heavy atom. The Bertz CT molecular complexity index is 434. The fourth-order valence-corrected chi connectivity index (χ4v) is 2.29. The lowest BCUT2D eigenvalue weighted by atomic mass is 10.1. The molecule has 0 amide bonds. The third-order valence-corrected chi connectivity index (χ3v) is 3.39. The minimum absolute atomic E-state index is 0.526. The highest BCUT2D eigenvalue weighted by Crippen LogP contribution is 2.15. The van der Waals surface area contributed by atoms with E-state index in [0.717, 1.165) is 57.5 Å². The van der Waals surface area contributed by atoms with Crippen LogP contribution in [-0.2, 0) is 11.2 Å². The summed E-state index contributed by atoms with van der Waals surface area (Å²) >= 11 is 0. The number of nitrogens with zero attached hydrogens (tertiary/aromatic N) is 3. The molecule has 1 fully saturated rings. The number of hydrogen-bond acceptors (Lipinski definition) is 6. The Labute approximate surface area is 126 Å². The molecule has 1 aromatic rings. The molecule has 1 aromatic heterocycles. The molecule has 1 aliphatic heterocycles. The van der Waals surface area contributed by atoms with E-state index in [9.17, 15) is 0 Å². The van der Waals surface area contributed by atoms with Gasteiger partial charge in [0.25, 0.3) is 0 Å². The first kappa shape index (κ1) is 16.0. The lowest BCUT2D eigenvalue weighted by Crippen LogP contribution is -2.39. The van der Waals surface area contributed by atoms with Crippen molar-refractivity contribution >= 4 is 5.82 Å². The summed E-state index contributed by atoms with van der Waals surface area (Å²) in [5.41, 5.74) is 0. The smallest absolute Gasteiger partial charge is 0.218 e. The number of ether oxygens (including phenoxy) is 2. The molecular weight excluding hydrogens is 268 g/mol. The van der Waals surface area contributed by atoms with Gasteiger partial charge in [-0.25, -0.2) is 4.98 Å². The van der Waals surface area contributed by atoms with E-state index in [-0.39, 0.29) is 0 Å². The topological polar surface area (TPSA) is 59.5 Å². The molecule has 0 unspecified atom stereocenters. The van der Waals surface area contributed by atoms with Gasteiger partial charge in [-0.05, 0) is 5.92 Å². The van der Waals surface area contributed by atoms with Crippen LogP contribution in [0, 0.1) is 5.92 Å². The summed E-state index contributed by atoms with van der Waals surface area (Å²) < 4.78 is 10.6. The van der Waals surface area contributed by atoms with Crippen molar-refractivity contribution in [2.45, 2.75) is 20.3 Å². The van der Waals surface area contributed by atoms with E-state index >= 15 is 0 Å². The lowest BCUT2D eigenvalue weighted by molar-refractivity contribution is 0.0398. The molecule has 0 saturated carbocycles. The van der Waals surface area contributed by atoms with Gasteiger partial charge in [0.15, 0.2) is 0 Å². The highest BCUT2D eigenvalue weighted by molar-refractivity contribution is 5.38. The number of morpholine rings is 1. The van der Waals surface area contributed by atoms with Crippen molar-refractivity contribution in [3.8, 4) is 5.88 Å². The van der Waals surface area contributed by atoms with Gasteiger partial charge in [0.1, 0.15) is 11.6 Å². The number of nitrogens with one attached hydrogen (secondary N) is 1. The first-order valence-electron chi connectivity index (χ1n) is 7.63. The predicted octanol–water partition coefficient (Wildman–Crippen LogP) is 1.43. The molecule has 0 aromatic carbocycles. The van der Waals surface area contributed by atoms with Crippen molar-refractivity contribution in [2.24, 2.45) is 5.92 Å². The van der Waals surface area contributed by atoms with Crippen LogP contribution >= 0.6 is 0 Å². The largest absolute Gasteiger partial charge is 0.481 e. The average molecular weight is 294 g/mol. The van der Waals surface area contributed by atoms with E-state index in [0.29, 0.717) is 11.8 Å². The first-order chi connectivity index (χ1) is 10.2. The minimum Gasteiger partial charge on any atom is -0.481 e. The van der Waals surface area contributed by atoms with Crippen molar-refractivity contribution in [2.75, 3.05) is 51.8 Å². The van der Waals surface area contributed by atoms with E-state index in [1.807, 2.05) is 6.07 Å². The van der Waals surface area contributed by atoms with Crippen LogP contribution in [-0.4, -0.2) is 61.4 Å². The van der Waals surface area contributed by atoms with Crippen LogP contribution in [0.15, 0.2) is 6.07 Å². The fraction of sp³-hybridized carbons (Fsp3) is 0.733. The van der Waals surface area contributed by atoms with Gasteiger partial charge in [-0.15, -0.1) is 0 Å². The third kappa shape index (κ3) is 5.47. The Hall–Kier alpha value is -1.40. The zero-order chi connectivity index (χ0) is 15.1. The van der Waals surface area contributed by atoms with Gasteiger partial charge in [-0.2, -0.15) is 4.98 Å². The van der Waals surface area contributed by atoms with Crippen molar-refractivity contribution in [3.05, 3.63) is 11.9 Å². The molecular formula is C15H26N4O2. The number of aromatic nitrogens is 2. The van der Waals surface area contributed by atoms with Gasteiger partial charge in [-0.3, -0.25) is 4.90 Å². The standard InChI is InChI=1S/C15H26N4O2/c1-12(2)10-14-17-13(11-15(18-14)20-3)16-4-5-19-6-8-21-9-7-19/h11-12H,4-10H2,1-3H3,(H,16,17,18). The maximum absolute atomic E-state index is 5.35. The molecule has 2 heterocycles. The molecule has 1 aliphatic rings. The molecule has 21 heavy (non-hydrogen) atoms. The molecule has 118 valence electrons. The SMILES string of the molecule is COc1cc(NCCN2CCOCC2)nc(CC(C)C)n1. The fourth-order valence-electron chi connectivity index (χ4n) is 2.29. The van der Waals surface area contributed by atoms with Crippen LogP contribution < -0.4 is 10.1 Å². The molecule has 0 bridgehead atoms. The van der Waals surface area contributed by atoms with Crippen LogP contribution in [0.1, 0.15) is 19.7 Å². The van der Waals surface area contributed by atoms with E-state index in [1.165, 1.54) is 0 Å². The summed E-state index contributed by atoms with van der Waals surface area (Å²) in [4.78, 5) is 11.3. The van der Waals surface area contributed by atoms with Crippen LogP contribution in [0.5, 0.6) is 5.88 Å². The van der Waals surface area contributed by atoms with Gasteiger partial charge in [0.05, 0.1) is 20.3 Å². The normalized spacial score (nSPS) is 16.2. The lowest BCUT2D eigenvalue weighted by Gasteiger charge is -2.26. The second-order valence-corrected chi connectivity index (χ2v) is 5.69. The molecule has 0 atom stereocenters. The third-order valence-electron chi connectivity index (χ3n) is 3.39. The van der Waals surface area contributed by atoms with E-state index in [4.69, 9.17) is 9.47 Å². The highest BCUT2D eigenvalue weighted by Gasteiger charge is 2.10. The van der Waals surface area contributed by atoms with E-state index in [2.05, 4.69) is 34.0 Å². The maximum atomic E-state index is 5.35. The zero-order valence-corrected chi connectivity index (χ0v) is 13.3. The van der Waals surface area contributed by atoms with Crippen molar-refractivity contribution in [1.29, 1.82) is 0 Å². The zero-order valence-electron chi connectivity index (χ0n) is 13.3. The molecule has 0 radical (unpaired) electrons. The summed E-state index contributed by atoms with van der Waals surface area (Å²) in [6.07, 6.45) is 0.856. The second kappa shape index (κ2) is 8.14. The number of hydrogen-bond donors (Lipinski definition) is 1. The van der Waals surface area contributed by atoms with Crippen LogP contribution in [0.2, 0.25) is 0 Å². The van der Waals surface area contributed by atoms with Crippen LogP contribution in [0.25, 0.3) is 0 Å². The van der Waals surface area contributed by atoms with Crippen molar-refractivity contribution < 1.29 is 9.47 Å². The van der Waals surface area contributed by atoms with Gasteiger partial charge >= 0.3 is 0 Å². The molecule has 1 saturated heterocycles. The number of rotatable bonds is 7. The highest BCUT2D eigenvalue weighted by atomic mass is 16.5. The molecule has 1 N–H and O–H groups in total. The predicted molar refractivity (Wildman–Crippen MR) is 82.9 cm³/mol. The van der Waals surface area contributed by atoms with Crippen molar-refractivity contribution in [3.63, 3.8) is 0 Å². The Morgan fingerprint density at radius 2 is 2.10 bits per heavy atom. The molecule has 6 nitrogen and oxygen atoms in total. The summed E-state index contributed by atoms with van der Waals surface area (Å²) in [5.74, 6) is 2.82. The molecule has 0 spiro atoms. The van der Waals surface area contributed by atoms with Crippen LogP contribution in [0.4, 0.5) is 5.82 Å². The van der Waals surface area contributed by atoms with Gasteiger partial charge in [0, 0.05) is 38.7 Å². The minimum atomic E-state index is 0.526. The number of methoxy groups -OCH3 is 1. The Kier molecular flexibility index (Phi) is 6.20. The molecule has 6 heteroatoms. The summed E-state index contributed by atoms with van der Waals surface area (Å²) in [7, 11) is 1.64. The quantitative estimate of drug-likeness (QED) is 0.821. The molecule has 0 aliphatic carbocycles. The number of anilines is 1. The summed E-state index contributed by atoms with van der Waals surface area (Å²) in [5, 5.41) is 3.37. The average Bonchev–Trinajstić information content (AvgIpc) is 2.47. The second-order valence-electron chi connectivity index (χ2n) is 5.69. The van der Waals surface area contributed by atoms with E-state index in [1.54, 1.807) is 7.11 Å². The maximum Gasteiger partial charge on any atom is 0.218 e. The van der Waals surface area contributed by atoms with Gasteiger partial charge in [-0.1, -0.05) is 13.8 Å². The molecule has 2 rings (SSSR count). The van der Waals surface area contributed by atoms with Gasteiger partial charge in [0.2, 0.25) is 5.88 Å². The summed E-state index contributed by atoms with van der Waals surface area (Å²) in [6, 6.07) is 1.85. The van der Waals surface area contributed by atoms with E-state index < -0.39 is 0 Å². The monoisotopic (exact) mass is 294 g/mol. The summed E-state index contributed by atoms with van der Waals surface area (Å²) in [6.45, 7) is 9.86. The van der Waals surface area contributed by atoms with Crippen molar-refractivity contribution in [1.82, 2.24) is 14.9 Å². The van der Waals surface area contributed by atoms with Crippen LogP contribution in [0.3, 0.4) is 0 Å².